The monoisotopic (exact) mass is 306 g/mol. The van der Waals surface area contributed by atoms with E-state index in [-0.39, 0.29) is 5.69 Å². The van der Waals surface area contributed by atoms with Crippen molar-refractivity contribution in [3.05, 3.63) is 39.4 Å². The van der Waals surface area contributed by atoms with Crippen molar-refractivity contribution in [3.8, 4) is 22.8 Å². The fourth-order valence-corrected chi connectivity index (χ4v) is 2.40. The van der Waals surface area contributed by atoms with Gasteiger partial charge in [0.1, 0.15) is 4.64 Å². The van der Waals surface area contributed by atoms with Gasteiger partial charge in [0, 0.05) is 19.2 Å². The number of methoxy groups -OCH3 is 2. The summed E-state index contributed by atoms with van der Waals surface area (Å²) in [5.74, 6) is 1.26. The van der Waals surface area contributed by atoms with Crippen LogP contribution in [0.2, 0.25) is 0 Å². The third kappa shape index (κ3) is 2.71. The summed E-state index contributed by atoms with van der Waals surface area (Å²) in [6, 6.07) is 7.36. The third-order valence-corrected chi connectivity index (χ3v) is 3.79. The molecule has 2 rings (SSSR count). The highest BCUT2D eigenvalue weighted by Crippen LogP contribution is 2.31. The molecule has 0 bridgehead atoms. The first-order chi connectivity index (χ1) is 10.0. The summed E-state index contributed by atoms with van der Waals surface area (Å²) < 4.78 is 14.2. The van der Waals surface area contributed by atoms with Gasteiger partial charge in [-0.1, -0.05) is 12.2 Å². The molecule has 0 radical (unpaired) electrons. The second-order valence-electron chi connectivity index (χ2n) is 4.52. The molecule has 0 N–H and O–H groups in total. The van der Waals surface area contributed by atoms with Crippen molar-refractivity contribution in [2.24, 2.45) is 7.05 Å². The van der Waals surface area contributed by atoms with Crippen LogP contribution in [0.3, 0.4) is 0 Å². The predicted octanol–water partition coefficient (Wildman–Crippen LogP) is 2.62. The molecule has 0 aliphatic rings. The Labute approximate surface area is 128 Å². The number of ether oxygens (including phenoxy) is 2. The van der Waals surface area contributed by atoms with Crippen LogP contribution >= 0.6 is 12.2 Å². The minimum absolute atomic E-state index is 0.130. The van der Waals surface area contributed by atoms with E-state index in [1.54, 1.807) is 25.8 Å². The smallest absolute Gasteiger partial charge is 0.329 e. The molecule has 0 saturated heterocycles. The molecule has 21 heavy (non-hydrogen) atoms. The summed E-state index contributed by atoms with van der Waals surface area (Å²) in [4.78, 5) is 12.3. The highest BCUT2D eigenvalue weighted by atomic mass is 32.1. The summed E-state index contributed by atoms with van der Waals surface area (Å²) >= 11 is 5.24. The molecule has 5 nitrogen and oxygen atoms in total. The normalized spacial score (nSPS) is 10.5. The molecule has 0 aliphatic heterocycles. The van der Waals surface area contributed by atoms with Crippen LogP contribution in [0.5, 0.6) is 11.5 Å². The zero-order chi connectivity index (χ0) is 15.6. The van der Waals surface area contributed by atoms with Crippen LogP contribution in [-0.4, -0.2) is 23.4 Å². The number of benzene rings is 1. The highest BCUT2D eigenvalue weighted by molar-refractivity contribution is 7.71. The second kappa shape index (κ2) is 6.13. The first-order valence-corrected chi connectivity index (χ1v) is 6.97. The third-order valence-electron chi connectivity index (χ3n) is 3.39. The molecule has 0 spiro atoms. The number of hydrogen-bond acceptors (Lipinski definition) is 4. The summed E-state index contributed by atoms with van der Waals surface area (Å²) in [5.41, 5.74) is 1.50. The first kappa shape index (κ1) is 15.3. The summed E-state index contributed by atoms with van der Waals surface area (Å²) in [6.45, 7) is 2.49. The van der Waals surface area contributed by atoms with Gasteiger partial charge >= 0.3 is 5.69 Å². The largest absolute Gasteiger partial charge is 0.493 e. The molecule has 1 aromatic heterocycles. The van der Waals surface area contributed by atoms with Crippen LogP contribution in [0.25, 0.3) is 11.3 Å². The summed E-state index contributed by atoms with van der Waals surface area (Å²) in [5, 5.41) is 0. The van der Waals surface area contributed by atoms with Crippen molar-refractivity contribution in [1.82, 2.24) is 9.13 Å². The van der Waals surface area contributed by atoms with E-state index in [1.165, 1.54) is 4.57 Å². The quantitative estimate of drug-likeness (QED) is 0.815. The van der Waals surface area contributed by atoms with E-state index in [0.717, 1.165) is 11.3 Å². The lowest BCUT2D eigenvalue weighted by molar-refractivity contribution is 0.355. The van der Waals surface area contributed by atoms with Crippen molar-refractivity contribution < 1.29 is 9.47 Å². The SMILES string of the molecule is CCn1c(-c2ccc(OC)c(OC)c2)cc(=S)n(C)c1=O. The molecule has 0 fully saturated rings. The molecule has 0 amide bonds. The Kier molecular flexibility index (Phi) is 4.47. The molecule has 0 unspecified atom stereocenters. The van der Waals surface area contributed by atoms with Crippen LogP contribution in [0.4, 0.5) is 0 Å². The molecule has 0 saturated carbocycles. The minimum Gasteiger partial charge on any atom is -0.493 e. The van der Waals surface area contributed by atoms with Gasteiger partial charge in [-0.25, -0.2) is 4.79 Å². The van der Waals surface area contributed by atoms with E-state index in [1.807, 2.05) is 31.2 Å². The fourth-order valence-electron chi connectivity index (χ4n) is 2.21. The lowest BCUT2D eigenvalue weighted by Gasteiger charge is -2.15. The molecular weight excluding hydrogens is 288 g/mol. The number of rotatable bonds is 4. The minimum atomic E-state index is -0.130. The first-order valence-electron chi connectivity index (χ1n) is 6.56. The van der Waals surface area contributed by atoms with Crippen LogP contribution in [0.15, 0.2) is 29.1 Å². The van der Waals surface area contributed by atoms with Crippen molar-refractivity contribution in [2.75, 3.05) is 14.2 Å². The van der Waals surface area contributed by atoms with Gasteiger partial charge in [-0.3, -0.25) is 9.13 Å². The Morgan fingerprint density at radius 3 is 2.38 bits per heavy atom. The van der Waals surface area contributed by atoms with Crippen LogP contribution in [0.1, 0.15) is 6.92 Å². The molecule has 112 valence electrons. The van der Waals surface area contributed by atoms with Gasteiger partial charge < -0.3 is 9.47 Å². The number of nitrogens with zero attached hydrogens (tertiary/aromatic N) is 2. The molecular formula is C15H18N2O3S. The fraction of sp³-hybridized carbons (Fsp3) is 0.333. The van der Waals surface area contributed by atoms with Crippen molar-refractivity contribution in [2.45, 2.75) is 13.5 Å². The molecule has 6 heteroatoms. The average molecular weight is 306 g/mol. The highest BCUT2D eigenvalue weighted by Gasteiger charge is 2.11. The van der Waals surface area contributed by atoms with Crippen LogP contribution < -0.4 is 15.2 Å². The van der Waals surface area contributed by atoms with E-state index in [4.69, 9.17) is 21.7 Å². The lowest BCUT2D eigenvalue weighted by atomic mass is 10.1. The Hall–Kier alpha value is -2.08. The van der Waals surface area contributed by atoms with Gasteiger partial charge in [-0.15, -0.1) is 0 Å². The van der Waals surface area contributed by atoms with Gasteiger partial charge in [-0.05, 0) is 31.2 Å². The van der Waals surface area contributed by atoms with Crippen molar-refractivity contribution in [1.29, 1.82) is 0 Å². The second-order valence-corrected chi connectivity index (χ2v) is 4.94. The Bertz CT molecular complexity index is 777. The molecule has 0 atom stereocenters. The van der Waals surface area contributed by atoms with Gasteiger partial charge in [0.15, 0.2) is 11.5 Å². The van der Waals surface area contributed by atoms with Crippen LogP contribution in [-0.2, 0) is 13.6 Å². The standard InChI is InChI=1S/C15H18N2O3S/c1-5-17-11(9-14(21)16(2)15(17)18)10-6-7-12(19-3)13(8-10)20-4/h6-9H,5H2,1-4H3. The van der Waals surface area contributed by atoms with Gasteiger partial charge in [0.05, 0.1) is 19.9 Å². The van der Waals surface area contributed by atoms with E-state index >= 15 is 0 Å². The summed E-state index contributed by atoms with van der Waals surface area (Å²) in [6.07, 6.45) is 0. The Morgan fingerprint density at radius 2 is 1.81 bits per heavy atom. The van der Waals surface area contributed by atoms with Gasteiger partial charge in [-0.2, -0.15) is 0 Å². The van der Waals surface area contributed by atoms with Gasteiger partial charge in [0.25, 0.3) is 0 Å². The predicted molar refractivity (Wildman–Crippen MR) is 84.7 cm³/mol. The summed E-state index contributed by atoms with van der Waals surface area (Å²) in [7, 11) is 4.84. The molecule has 1 aromatic carbocycles. The van der Waals surface area contributed by atoms with Crippen LogP contribution in [0, 0.1) is 4.64 Å². The van der Waals surface area contributed by atoms with E-state index in [0.29, 0.717) is 22.7 Å². The molecule has 1 heterocycles. The zero-order valence-electron chi connectivity index (χ0n) is 12.5. The van der Waals surface area contributed by atoms with E-state index in [2.05, 4.69) is 0 Å². The van der Waals surface area contributed by atoms with E-state index in [9.17, 15) is 4.79 Å². The average Bonchev–Trinajstić information content (AvgIpc) is 2.51. The lowest BCUT2D eigenvalue weighted by Crippen LogP contribution is -2.30. The maximum Gasteiger partial charge on any atom is 0.329 e. The number of hydrogen-bond donors (Lipinski definition) is 0. The van der Waals surface area contributed by atoms with Crippen molar-refractivity contribution >= 4 is 12.2 Å². The Morgan fingerprint density at radius 1 is 1.14 bits per heavy atom. The Balaban J connectivity index is 2.73. The number of aromatic nitrogens is 2. The van der Waals surface area contributed by atoms with Gasteiger partial charge in [0.2, 0.25) is 0 Å². The van der Waals surface area contributed by atoms with Crippen molar-refractivity contribution in [3.63, 3.8) is 0 Å². The molecule has 0 aliphatic carbocycles. The maximum atomic E-state index is 12.3. The maximum absolute atomic E-state index is 12.3. The van der Waals surface area contributed by atoms with E-state index < -0.39 is 0 Å². The zero-order valence-corrected chi connectivity index (χ0v) is 13.4. The molecule has 2 aromatic rings. The topological polar surface area (TPSA) is 45.4 Å².